The van der Waals surface area contributed by atoms with E-state index >= 15 is 0 Å². The number of aliphatic carboxylic acids is 1. The number of hydrogen-bond donors (Lipinski definition) is 2. The molecule has 2 heterocycles. The van der Waals surface area contributed by atoms with Gasteiger partial charge >= 0.3 is 5.97 Å². The Morgan fingerprint density at radius 1 is 1.53 bits per heavy atom. The quantitative estimate of drug-likeness (QED) is 0.748. The molecule has 0 saturated carbocycles. The maximum absolute atomic E-state index is 12.3. The molecule has 2 atom stereocenters. The molecule has 2 rings (SSSR count). The van der Waals surface area contributed by atoms with E-state index < -0.39 is 21.7 Å². The molecule has 0 aromatic rings. The van der Waals surface area contributed by atoms with E-state index in [2.05, 4.69) is 4.72 Å². The predicted octanol–water partition coefficient (Wildman–Crippen LogP) is -0.204. The van der Waals surface area contributed by atoms with Gasteiger partial charge in [-0.3, -0.25) is 4.79 Å². The lowest BCUT2D eigenvalue weighted by Gasteiger charge is -2.33. The summed E-state index contributed by atoms with van der Waals surface area (Å²) < 4.78 is 33.3. The highest BCUT2D eigenvalue weighted by Crippen LogP contribution is 2.23. The standard InChI is InChI=1S/C11H20N2O5S/c1-9-3-2-5-13(7-9)19(16,17)12-11(10(14)15)4-6-18-8-11/h9,12H,2-8H2,1H3,(H,14,15). The lowest BCUT2D eigenvalue weighted by Crippen LogP contribution is -2.59. The molecular weight excluding hydrogens is 272 g/mol. The Labute approximate surface area is 113 Å². The van der Waals surface area contributed by atoms with Crippen LogP contribution in [0.4, 0.5) is 0 Å². The van der Waals surface area contributed by atoms with Crippen LogP contribution in [0.2, 0.25) is 0 Å². The molecule has 7 nitrogen and oxygen atoms in total. The van der Waals surface area contributed by atoms with Crippen molar-refractivity contribution in [3.8, 4) is 0 Å². The van der Waals surface area contributed by atoms with Gasteiger partial charge in [-0.2, -0.15) is 17.4 Å². The van der Waals surface area contributed by atoms with Gasteiger partial charge < -0.3 is 9.84 Å². The number of ether oxygens (including phenoxy) is 1. The maximum Gasteiger partial charge on any atom is 0.327 e. The Bertz CT molecular complexity index is 444. The third kappa shape index (κ3) is 3.07. The number of piperidine rings is 1. The molecule has 8 heteroatoms. The van der Waals surface area contributed by atoms with Gasteiger partial charge in [-0.05, 0) is 18.8 Å². The summed E-state index contributed by atoms with van der Waals surface area (Å²) in [5.41, 5.74) is -1.51. The molecule has 2 aliphatic rings. The smallest absolute Gasteiger partial charge is 0.327 e. The predicted molar refractivity (Wildman–Crippen MR) is 67.8 cm³/mol. The Morgan fingerprint density at radius 3 is 2.79 bits per heavy atom. The zero-order valence-electron chi connectivity index (χ0n) is 11.0. The zero-order chi connectivity index (χ0) is 14.1. The fourth-order valence-electron chi connectivity index (χ4n) is 2.53. The summed E-state index contributed by atoms with van der Waals surface area (Å²) >= 11 is 0. The zero-order valence-corrected chi connectivity index (χ0v) is 11.8. The van der Waals surface area contributed by atoms with Crippen LogP contribution in [0.1, 0.15) is 26.2 Å². The molecule has 2 unspecified atom stereocenters. The van der Waals surface area contributed by atoms with Crippen LogP contribution in [0.5, 0.6) is 0 Å². The first kappa shape index (κ1) is 14.7. The summed E-state index contributed by atoms with van der Waals surface area (Å²) in [6.45, 7) is 3.01. The third-order valence-corrected chi connectivity index (χ3v) is 5.38. The van der Waals surface area contributed by atoms with Gasteiger partial charge in [0.25, 0.3) is 10.2 Å². The molecule has 0 spiro atoms. The molecule has 0 aromatic carbocycles. The van der Waals surface area contributed by atoms with Crippen molar-refractivity contribution in [3.63, 3.8) is 0 Å². The molecule has 0 aliphatic carbocycles. The molecule has 2 N–H and O–H groups in total. The normalized spacial score (nSPS) is 33.4. The van der Waals surface area contributed by atoms with Crippen molar-refractivity contribution < 1.29 is 23.1 Å². The number of carboxylic acid groups (broad SMARTS) is 1. The fourth-order valence-corrected chi connectivity index (χ4v) is 4.23. The highest BCUT2D eigenvalue weighted by atomic mass is 32.2. The van der Waals surface area contributed by atoms with Gasteiger partial charge in [-0.1, -0.05) is 6.92 Å². The van der Waals surface area contributed by atoms with Crippen LogP contribution in [0, 0.1) is 5.92 Å². The van der Waals surface area contributed by atoms with E-state index in [-0.39, 0.29) is 19.6 Å². The van der Waals surface area contributed by atoms with Crippen molar-refractivity contribution in [2.24, 2.45) is 5.92 Å². The molecule has 19 heavy (non-hydrogen) atoms. The Kier molecular flexibility index (Phi) is 4.14. The Hall–Kier alpha value is -0.700. The SMILES string of the molecule is CC1CCCN(S(=O)(=O)NC2(C(=O)O)CCOC2)C1. The van der Waals surface area contributed by atoms with Crippen molar-refractivity contribution in [1.82, 2.24) is 9.03 Å². The van der Waals surface area contributed by atoms with Crippen molar-refractivity contribution in [2.75, 3.05) is 26.3 Å². The van der Waals surface area contributed by atoms with E-state index in [1.807, 2.05) is 6.92 Å². The maximum atomic E-state index is 12.3. The number of carboxylic acids is 1. The summed E-state index contributed by atoms with van der Waals surface area (Å²) in [6, 6.07) is 0. The first-order chi connectivity index (χ1) is 8.86. The fraction of sp³-hybridized carbons (Fsp3) is 0.909. The molecule has 0 radical (unpaired) electrons. The summed E-state index contributed by atoms with van der Waals surface area (Å²) in [6.07, 6.45) is 1.96. The van der Waals surface area contributed by atoms with Crippen LogP contribution >= 0.6 is 0 Å². The molecule has 2 saturated heterocycles. The van der Waals surface area contributed by atoms with Crippen molar-refractivity contribution in [1.29, 1.82) is 0 Å². The monoisotopic (exact) mass is 292 g/mol. The van der Waals surface area contributed by atoms with Gasteiger partial charge in [0, 0.05) is 26.1 Å². The lowest BCUT2D eigenvalue weighted by atomic mass is 10.0. The summed E-state index contributed by atoms with van der Waals surface area (Å²) in [5.74, 6) is -0.885. The molecule has 2 aliphatic heterocycles. The van der Waals surface area contributed by atoms with Crippen molar-refractivity contribution in [2.45, 2.75) is 31.7 Å². The average Bonchev–Trinajstić information content (AvgIpc) is 2.78. The average molecular weight is 292 g/mol. The molecule has 2 fully saturated rings. The van der Waals surface area contributed by atoms with Crippen LogP contribution in [-0.2, 0) is 19.7 Å². The van der Waals surface area contributed by atoms with E-state index in [4.69, 9.17) is 4.74 Å². The second-order valence-corrected chi connectivity index (χ2v) is 7.07. The first-order valence-electron chi connectivity index (χ1n) is 6.46. The highest BCUT2D eigenvalue weighted by molar-refractivity contribution is 7.87. The van der Waals surface area contributed by atoms with Crippen LogP contribution in [0.25, 0.3) is 0 Å². The molecular formula is C11H20N2O5S. The van der Waals surface area contributed by atoms with Gasteiger partial charge in [0.05, 0.1) is 6.61 Å². The second kappa shape index (κ2) is 5.35. The van der Waals surface area contributed by atoms with Crippen LogP contribution in [0.3, 0.4) is 0 Å². The van der Waals surface area contributed by atoms with Crippen LogP contribution in [-0.4, -0.2) is 55.6 Å². The summed E-state index contributed by atoms with van der Waals surface area (Å²) in [7, 11) is -3.78. The second-order valence-electron chi connectivity index (χ2n) is 5.40. The largest absolute Gasteiger partial charge is 0.480 e. The van der Waals surface area contributed by atoms with Gasteiger partial charge in [0.1, 0.15) is 0 Å². The highest BCUT2D eigenvalue weighted by Gasteiger charge is 2.47. The number of rotatable bonds is 4. The minimum absolute atomic E-state index is 0.120. The van der Waals surface area contributed by atoms with Gasteiger partial charge in [0.15, 0.2) is 5.54 Å². The number of nitrogens with one attached hydrogen (secondary N) is 1. The van der Waals surface area contributed by atoms with Gasteiger partial charge in [-0.15, -0.1) is 0 Å². The minimum atomic E-state index is -3.78. The third-order valence-electron chi connectivity index (χ3n) is 3.72. The van der Waals surface area contributed by atoms with Crippen molar-refractivity contribution in [3.05, 3.63) is 0 Å². The van der Waals surface area contributed by atoms with E-state index in [0.29, 0.717) is 19.0 Å². The Morgan fingerprint density at radius 2 is 2.26 bits per heavy atom. The summed E-state index contributed by atoms with van der Waals surface area (Å²) in [4.78, 5) is 11.3. The topological polar surface area (TPSA) is 95.9 Å². The molecule has 0 aromatic heterocycles. The molecule has 0 amide bonds. The Balaban J connectivity index is 2.13. The van der Waals surface area contributed by atoms with E-state index in [1.165, 1.54) is 4.31 Å². The first-order valence-corrected chi connectivity index (χ1v) is 7.90. The van der Waals surface area contributed by atoms with E-state index in [9.17, 15) is 18.3 Å². The van der Waals surface area contributed by atoms with Gasteiger partial charge in [-0.25, -0.2) is 0 Å². The van der Waals surface area contributed by atoms with E-state index in [1.54, 1.807) is 0 Å². The van der Waals surface area contributed by atoms with Gasteiger partial charge in [0.2, 0.25) is 0 Å². The van der Waals surface area contributed by atoms with Crippen LogP contribution in [0.15, 0.2) is 0 Å². The summed E-state index contributed by atoms with van der Waals surface area (Å²) in [5, 5.41) is 9.25. The van der Waals surface area contributed by atoms with E-state index in [0.717, 1.165) is 12.8 Å². The van der Waals surface area contributed by atoms with Crippen molar-refractivity contribution >= 4 is 16.2 Å². The number of hydrogen-bond acceptors (Lipinski definition) is 4. The number of nitrogens with zero attached hydrogens (tertiary/aromatic N) is 1. The lowest BCUT2D eigenvalue weighted by molar-refractivity contribution is -0.144. The van der Waals surface area contributed by atoms with Crippen LogP contribution < -0.4 is 4.72 Å². The molecule has 0 bridgehead atoms. The number of carbonyl (C=O) groups is 1. The molecule has 110 valence electrons. The minimum Gasteiger partial charge on any atom is -0.480 e.